The number of benzene rings is 5. The Kier molecular flexibility index (Phi) is 6.46. The molecule has 0 fully saturated rings. The van der Waals surface area contributed by atoms with E-state index in [1.54, 1.807) is 0 Å². The summed E-state index contributed by atoms with van der Waals surface area (Å²) in [6.45, 7) is 0. The highest BCUT2D eigenvalue weighted by atomic mass is 79.9. The first-order valence-corrected chi connectivity index (χ1v) is 14.6. The number of halogens is 2. The number of para-hydroxylation sites is 1. The number of aromatic amines is 1. The summed E-state index contributed by atoms with van der Waals surface area (Å²) < 4.78 is 4.37. The molecule has 0 amide bonds. The van der Waals surface area contributed by atoms with Gasteiger partial charge in [0.05, 0.1) is 22.6 Å². The summed E-state index contributed by atoms with van der Waals surface area (Å²) in [7, 11) is 0. The number of hydrogen-bond donors (Lipinski definition) is 1. The summed E-state index contributed by atoms with van der Waals surface area (Å²) in [6.07, 6.45) is 0. The van der Waals surface area contributed by atoms with Crippen LogP contribution < -0.4 is 0 Å². The lowest BCUT2D eigenvalue weighted by Crippen LogP contribution is -2.01. The molecule has 2 heterocycles. The van der Waals surface area contributed by atoms with Crippen LogP contribution in [0, 0.1) is 0 Å². The largest absolute Gasteiger partial charge is 0.354 e. The number of nitrogens with zero attached hydrogens (tertiary/aromatic N) is 2. The second-order valence-electron chi connectivity index (χ2n) is 9.61. The smallest absolute Gasteiger partial charge is 0.148 e. The number of H-pyrrole nitrogens is 1. The Morgan fingerprint density at radius 1 is 0.575 bits per heavy atom. The van der Waals surface area contributed by atoms with Crippen LogP contribution in [-0.4, -0.2) is 14.5 Å². The molecule has 0 saturated carbocycles. The van der Waals surface area contributed by atoms with Gasteiger partial charge < -0.3 is 4.98 Å². The molecule has 0 unspecified atom stereocenters. The predicted octanol–water partition coefficient (Wildman–Crippen LogP) is 10.5. The maximum absolute atomic E-state index is 5.48. The number of nitrogens with one attached hydrogen (secondary N) is 1. The summed E-state index contributed by atoms with van der Waals surface area (Å²) in [4.78, 5) is 9.20. The van der Waals surface area contributed by atoms with E-state index in [0.717, 1.165) is 70.7 Å². The van der Waals surface area contributed by atoms with E-state index >= 15 is 0 Å². The van der Waals surface area contributed by atoms with E-state index in [0.29, 0.717) is 0 Å². The van der Waals surface area contributed by atoms with Crippen LogP contribution in [0.15, 0.2) is 142 Å². The lowest BCUT2D eigenvalue weighted by molar-refractivity contribution is 1.07. The van der Waals surface area contributed by atoms with Gasteiger partial charge in [-0.05, 0) is 48.0 Å². The lowest BCUT2D eigenvalue weighted by atomic mass is 10.0. The Hall–Kier alpha value is -4.19. The van der Waals surface area contributed by atoms with Crippen molar-refractivity contribution in [2.45, 2.75) is 0 Å². The third kappa shape index (κ3) is 4.41. The molecule has 0 radical (unpaired) electrons. The zero-order chi connectivity index (χ0) is 27.1. The van der Waals surface area contributed by atoms with Crippen molar-refractivity contribution < 1.29 is 0 Å². The minimum Gasteiger partial charge on any atom is -0.354 e. The molecular formula is C35H23Br2N3. The van der Waals surface area contributed by atoms with E-state index in [1.165, 1.54) is 0 Å². The van der Waals surface area contributed by atoms with Crippen LogP contribution in [-0.2, 0) is 0 Å². The zero-order valence-electron chi connectivity index (χ0n) is 21.4. The highest BCUT2D eigenvalue weighted by Gasteiger charge is 2.26. The first-order valence-electron chi connectivity index (χ1n) is 13.0. The first-order chi connectivity index (χ1) is 19.7. The van der Waals surface area contributed by atoms with Crippen molar-refractivity contribution in [3.8, 4) is 50.8 Å². The second-order valence-corrected chi connectivity index (χ2v) is 11.4. The molecule has 0 saturated heterocycles. The molecule has 0 spiro atoms. The predicted molar refractivity (Wildman–Crippen MR) is 173 cm³/mol. The fraction of sp³-hybridized carbons (Fsp3) is 0. The van der Waals surface area contributed by atoms with Crippen molar-refractivity contribution in [3.63, 3.8) is 0 Å². The monoisotopic (exact) mass is 643 g/mol. The summed E-state index contributed by atoms with van der Waals surface area (Å²) >= 11 is 7.31. The van der Waals surface area contributed by atoms with E-state index < -0.39 is 0 Å². The summed E-state index contributed by atoms with van der Waals surface area (Å²) in [5, 5.41) is 1.13. The Morgan fingerprint density at radius 2 is 1.23 bits per heavy atom. The van der Waals surface area contributed by atoms with Crippen LogP contribution in [0.2, 0.25) is 0 Å². The Bertz CT molecular complexity index is 1950. The van der Waals surface area contributed by atoms with Gasteiger partial charge >= 0.3 is 0 Å². The van der Waals surface area contributed by atoms with Crippen LogP contribution in [0.4, 0.5) is 0 Å². The Labute approximate surface area is 249 Å². The highest BCUT2D eigenvalue weighted by molar-refractivity contribution is 9.10. The van der Waals surface area contributed by atoms with Gasteiger partial charge in [-0.3, -0.25) is 4.57 Å². The fourth-order valence-corrected chi connectivity index (χ4v) is 5.99. The molecule has 0 aliphatic heterocycles. The zero-order valence-corrected chi connectivity index (χ0v) is 24.5. The summed E-state index contributed by atoms with van der Waals surface area (Å²) in [5.41, 5.74) is 9.46. The van der Waals surface area contributed by atoms with Crippen LogP contribution in [0.5, 0.6) is 0 Å². The molecule has 1 N–H and O–H groups in total. The number of fused-ring (bicyclic) bond motifs is 1. The van der Waals surface area contributed by atoms with Crippen LogP contribution in [0.3, 0.4) is 0 Å². The summed E-state index contributed by atoms with van der Waals surface area (Å²) in [6, 6.07) is 46.3. The SMILES string of the molecule is Brc1ccc(-n2c(-c3c(-c4cccc(Br)c4)[nH]c4ccccc34)nc(-c3ccccc3)c2-c2ccccc2)cc1. The van der Waals surface area contributed by atoms with Gasteiger partial charge in [0.2, 0.25) is 0 Å². The van der Waals surface area contributed by atoms with Crippen LogP contribution >= 0.6 is 31.9 Å². The average Bonchev–Trinajstić information content (AvgIpc) is 3.58. The first kappa shape index (κ1) is 24.8. The van der Waals surface area contributed by atoms with Crippen molar-refractivity contribution in [2.24, 2.45) is 0 Å². The summed E-state index contributed by atoms with van der Waals surface area (Å²) in [5.74, 6) is 0.882. The van der Waals surface area contributed by atoms with E-state index in [1.807, 2.05) is 6.07 Å². The standard InChI is InChI=1S/C35H23Br2N3/c36-26-18-20-28(21-19-26)40-34(24-12-5-2-6-13-24)33(23-10-3-1-4-11-23)39-35(40)31-29-16-7-8-17-30(29)38-32(31)25-14-9-15-27(37)22-25/h1-22,38H. The molecule has 5 heteroatoms. The van der Waals surface area contributed by atoms with Crippen molar-refractivity contribution in [1.82, 2.24) is 14.5 Å². The quantitative estimate of drug-likeness (QED) is 0.199. The molecule has 0 atom stereocenters. The van der Waals surface area contributed by atoms with Gasteiger partial charge in [0.15, 0.2) is 0 Å². The van der Waals surface area contributed by atoms with Gasteiger partial charge in [0, 0.05) is 36.7 Å². The van der Waals surface area contributed by atoms with E-state index in [9.17, 15) is 0 Å². The van der Waals surface area contributed by atoms with E-state index in [2.05, 4.69) is 169 Å². The average molecular weight is 645 g/mol. The van der Waals surface area contributed by atoms with E-state index in [-0.39, 0.29) is 0 Å². The Morgan fingerprint density at radius 3 is 1.95 bits per heavy atom. The van der Waals surface area contributed by atoms with Gasteiger partial charge in [-0.15, -0.1) is 0 Å². The number of aromatic nitrogens is 3. The maximum Gasteiger partial charge on any atom is 0.148 e. The number of hydrogen-bond acceptors (Lipinski definition) is 1. The molecule has 2 aromatic heterocycles. The molecule has 40 heavy (non-hydrogen) atoms. The molecule has 0 aliphatic carbocycles. The van der Waals surface area contributed by atoms with Crippen molar-refractivity contribution in [2.75, 3.05) is 0 Å². The topological polar surface area (TPSA) is 33.6 Å². The van der Waals surface area contributed by atoms with Gasteiger partial charge in [-0.1, -0.05) is 123 Å². The lowest BCUT2D eigenvalue weighted by Gasteiger charge is -2.15. The van der Waals surface area contributed by atoms with Gasteiger partial charge in [-0.2, -0.15) is 0 Å². The third-order valence-electron chi connectivity index (χ3n) is 7.10. The maximum atomic E-state index is 5.48. The molecule has 7 rings (SSSR count). The number of rotatable bonds is 5. The Balaban J connectivity index is 1.64. The highest BCUT2D eigenvalue weighted by Crippen LogP contribution is 2.44. The minimum atomic E-state index is 0.882. The second kappa shape index (κ2) is 10.4. The molecule has 0 bridgehead atoms. The minimum absolute atomic E-state index is 0.882. The molecule has 3 nitrogen and oxygen atoms in total. The fourth-order valence-electron chi connectivity index (χ4n) is 5.32. The van der Waals surface area contributed by atoms with Crippen molar-refractivity contribution in [3.05, 3.63) is 142 Å². The van der Waals surface area contributed by atoms with E-state index in [4.69, 9.17) is 4.98 Å². The van der Waals surface area contributed by atoms with Crippen LogP contribution in [0.1, 0.15) is 0 Å². The van der Waals surface area contributed by atoms with Crippen molar-refractivity contribution in [1.29, 1.82) is 0 Å². The molecule has 5 aromatic carbocycles. The normalized spacial score (nSPS) is 11.2. The van der Waals surface area contributed by atoms with Crippen LogP contribution in [0.25, 0.3) is 61.8 Å². The van der Waals surface area contributed by atoms with Gasteiger partial charge in [0.1, 0.15) is 5.82 Å². The van der Waals surface area contributed by atoms with Gasteiger partial charge in [-0.25, -0.2) is 4.98 Å². The molecule has 192 valence electrons. The molecule has 7 aromatic rings. The third-order valence-corrected chi connectivity index (χ3v) is 8.12. The molecular weight excluding hydrogens is 622 g/mol. The number of imidazole rings is 1. The van der Waals surface area contributed by atoms with Gasteiger partial charge in [0.25, 0.3) is 0 Å². The van der Waals surface area contributed by atoms with Crippen molar-refractivity contribution >= 4 is 42.8 Å². The molecule has 0 aliphatic rings.